The van der Waals surface area contributed by atoms with Crippen molar-refractivity contribution in [3.63, 3.8) is 0 Å². The van der Waals surface area contributed by atoms with E-state index >= 15 is 0 Å². The first kappa shape index (κ1) is 16.6. The Morgan fingerprint density at radius 2 is 2.12 bits per heavy atom. The summed E-state index contributed by atoms with van der Waals surface area (Å²) in [5, 5.41) is 14.9. The van der Waals surface area contributed by atoms with Crippen molar-refractivity contribution in [2.24, 2.45) is 0 Å². The third-order valence-corrected chi connectivity index (χ3v) is 4.62. The van der Waals surface area contributed by atoms with Gasteiger partial charge in [0.05, 0.1) is 11.5 Å². The SMILES string of the molecule is CCN(Cc1nc(-c2cccc([N+](=O)[O-])c2)no1)C1CCCCC1. The molecule has 1 aliphatic carbocycles. The van der Waals surface area contributed by atoms with Crippen molar-refractivity contribution in [3.8, 4) is 11.4 Å². The molecule has 0 aliphatic heterocycles. The maximum absolute atomic E-state index is 10.9. The lowest BCUT2D eigenvalue weighted by molar-refractivity contribution is -0.384. The molecule has 0 N–H and O–H groups in total. The van der Waals surface area contributed by atoms with Gasteiger partial charge in [0.1, 0.15) is 0 Å². The van der Waals surface area contributed by atoms with Crippen LogP contribution in [0.4, 0.5) is 5.69 Å². The Balaban J connectivity index is 1.72. The Morgan fingerprint density at radius 1 is 1.33 bits per heavy atom. The molecule has 1 aromatic carbocycles. The van der Waals surface area contributed by atoms with Crippen molar-refractivity contribution >= 4 is 5.69 Å². The van der Waals surface area contributed by atoms with Gasteiger partial charge in [-0.05, 0) is 19.4 Å². The van der Waals surface area contributed by atoms with Gasteiger partial charge in [-0.15, -0.1) is 0 Å². The molecule has 0 unspecified atom stereocenters. The summed E-state index contributed by atoms with van der Waals surface area (Å²) in [7, 11) is 0. The average Bonchev–Trinajstić information content (AvgIpc) is 3.09. The number of benzene rings is 1. The van der Waals surface area contributed by atoms with Crippen LogP contribution < -0.4 is 0 Å². The van der Waals surface area contributed by atoms with E-state index in [4.69, 9.17) is 4.52 Å². The van der Waals surface area contributed by atoms with Crippen LogP contribution in [0.15, 0.2) is 28.8 Å². The first-order valence-electron chi connectivity index (χ1n) is 8.49. The number of hydrogen-bond donors (Lipinski definition) is 0. The van der Waals surface area contributed by atoms with E-state index in [1.54, 1.807) is 12.1 Å². The number of nitro groups is 1. The monoisotopic (exact) mass is 330 g/mol. The van der Waals surface area contributed by atoms with Crippen molar-refractivity contribution in [1.29, 1.82) is 0 Å². The lowest BCUT2D eigenvalue weighted by Crippen LogP contribution is -2.36. The lowest BCUT2D eigenvalue weighted by atomic mass is 9.94. The summed E-state index contributed by atoms with van der Waals surface area (Å²) in [5.74, 6) is 0.956. The molecule has 0 amide bonds. The number of non-ortho nitro benzene ring substituents is 1. The molecule has 0 bridgehead atoms. The fourth-order valence-corrected chi connectivity index (χ4v) is 3.31. The van der Waals surface area contributed by atoms with Crippen LogP contribution in [0.2, 0.25) is 0 Å². The van der Waals surface area contributed by atoms with Crippen LogP contribution in [0.3, 0.4) is 0 Å². The highest BCUT2D eigenvalue weighted by atomic mass is 16.6. The summed E-state index contributed by atoms with van der Waals surface area (Å²) in [6, 6.07) is 6.88. The molecular formula is C17H22N4O3. The van der Waals surface area contributed by atoms with E-state index in [1.165, 1.54) is 44.2 Å². The predicted molar refractivity (Wildman–Crippen MR) is 89.3 cm³/mol. The highest BCUT2D eigenvalue weighted by molar-refractivity contribution is 5.58. The van der Waals surface area contributed by atoms with Gasteiger partial charge in [-0.25, -0.2) is 0 Å². The average molecular weight is 330 g/mol. The van der Waals surface area contributed by atoms with Gasteiger partial charge in [0.2, 0.25) is 11.7 Å². The quantitative estimate of drug-likeness (QED) is 0.591. The number of nitrogens with zero attached hydrogens (tertiary/aromatic N) is 4. The lowest BCUT2D eigenvalue weighted by Gasteiger charge is -2.32. The zero-order valence-electron chi connectivity index (χ0n) is 13.9. The van der Waals surface area contributed by atoms with Gasteiger partial charge in [-0.3, -0.25) is 15.0 Å². The summed E-state index contributed by atoms with van der Waals surface area (Å²) in [6.45, 7) is 3.72. The second-order valence-corrected chi connectivity index (χ2v) is 6.17. The Labute approximate surface area is 140 Å². The maximum atomic E-state index is 10.9. The molecule has 1 heterocycles. The third kappa shape index (κ3) is 3.79. The zero-order chi connectivity index (χ0) is 16.9. The van der Waals surface area contributed by atoms with Crippen LogP contribution in [-0.2, 0) is 6.54 Å². The van der Waals surface area contributed by atoms with Gasteiger partial charge in [-0.1, -0.05) is 43.5 Å². The van der Waals surface area contributed by atoms with Crippen molar-refractivity contribution in [1.82, 2.24) is 15.0 Å². The minimum absolute atomic E-state index is 0.0243. The molecule has 128 valence electrons. The molecule has 1 saturated carbocycles. The summed E-state index contributed by atoms with van der Waals surface area (Å²) in [4.78, 5) is 17.3. The van der Waals surface area contributed by atoms with Crippen LogP contribution in [0, 0.1) is 10.1 Å². The van der Waals surface area contributed by atoms with Crippen LogP contribution >= 0.6 is 0 Å². The molecule has 7 heteroatoms. The third-order valence-electron chi connectivity index (χ3n) is 4.62. The molecule has 1 aromatic heterocycles. The van der Waals surface area contributed by atoms with Crippen molar-refractivity contribution < 1.29 is 9.45 Å². The second kappa shape index (κ2) is 7.53. The number of hydrogen-bond acceptors (Lipinski definition) is 6. The minimum atomic E-state index is -0.424. The molecule has 1 aliphatic rings. The van der Waals surface area contributed by atoms with Crippen LogP contribution in [0.25, 0.3) is 11.4 Å². The first-order chi connectivity index (χ1) is 11.7. The Hall–Kier alpha value is -2.28. The Bertz CT molecular complexity index is 695. The van der Waals surface area contributed by atoms with Crippen LogP contribution in [0.1, 0.15) is 44.9 Å². The highest BCUT2D eigenvalue weighted by Gasteiger charge is 2.22. The molecule has 0 saturated heterocycles. The Morgan fingerprint density at radius 3 is 2.83 bits per heavy atom. The van der Waals surface area contributed by atoms with E-state index in [1.807, 2.05) is 0 Å². The van der Waals surface area contributed by atoms with E-state index in [9.17, 15) is 10.1 Å². The fraction of sp³-hybridized carbons (Fsp3) is 0.529. The molecule has 3 rings (SSSR count). The summed E-state index contributed by atoms with van der Waals surface area (Å²) in [6.07, 6.45) is 6.33. The predicted octanol–water partition coefficient (Wildman–Crippen LogP) is 3.80. The molecule has 24 heavy (non-hydrogen) atoms. The molecule has 0 spiro atoms. The molecule has 0 radical (unpaired) electrons. The zero-order valence-corrected chi connectivity index (χ0v) is 13.9. The van der Waals surface area contributed by atoms with Gasteiger partial charge < -0.3 is 4.52 Å². The minimum Gasteiger partial charge on any atom is -0.338 e. The van der Waals surface area contributed by atoms with E-state index in [-0.39, 0.29) is 5.69 Å². The van der Waals surface area contributed by atoms with E-state index < -0.39 is 4.92 Å². The number of aromatic nitrogens is 2. The van der Waals surface area contributed by atoms with Gasteiger partial charge in [0.15, 0.2) is 0 Å². The van der Waals surface area contributed by atoms with Gasteiger partial charge in [-0.2, -0.15) is 4.98 Å². The molecular weight excluding hydrogens is 308 g/mol. The van der Waals surface area contributed by atoms with Crippen molar-refractivity contribution in [3.05, 3.63) is 40.3 Å². The van der Waals surface area contributed by atoms with E-state index in [0.717, 1.165) is 6.54 Å². The standard InChI is InChI=1S/C17H22N4O3/c1-2-20(14-8-4-3-5-9-14)12-16-18-17(19-24-16)13-7-6-10-15(11-13)21(22)23/h6-7,10-11,14H,2-5,8-9,12H2,1H3. The Kier molecular flexibility index (Phi) is 5.20. The normalized spacial score (nSPS) is 15.8. The summed E-state index contributed by atoms with van der Waals surface area (Å²) in [5.41, 5.74) is 0.621. The molecule has 0 atom stereocenters. The summed E-state index contributed by atoms with van der Waals surface area (Å²) < 4.78 is 5.37. The van der Waals surface area contributed by atoms with Crippen molar-refractivity contribution in [2.75, 3.05) is 6.54 Å². The second-order valence-electron chi connectivity index (χ2n) is 6.17. The van der Waals surface area contributed by atoms with Gasteiger partial charge in [0, 0.05) is 23.7 Å². The molecule has 1 fully saturated rings. The molecule has 7 nitrogen and oxygen atoms in total. The first-order valence-corrected chi connectivity index (χ1v) is 8.49. The largest absolute Gasteiger partial charge is 0.338 e. The topological polar surface area (TPSA) is 85.3 Å². The fourth-order valence-electron chi connectivity index (χ4n) is 3.31. The van der Waals surface area contributed by atoms with Crippen LogP contribution in [0.5, 0.6) is 0 Å². The number of rotatable bonds is 6. The van der Waals surface area contributed by atoms with E-state index in [2.05, 4.69) is 22.0 Å². The smallest absolute Gasteiger partial charge is 0.270 e. The van der Waals surface area contributed by atoms with Crippen molar-refractivity contribution in [2.45, 2.75) is 51.6 Å². The van der Waals surface area contributed by atoms with E-state index in [0.29, 0.717) is 29.9 Å². The van der Waals surface area contributed by atoms with Gasteiger partial charge in [0.25, 0.3) is 5.69 Å². The highest BCUT2D eigenvalue weighted by Crippen LogP contribution is 2.25. The number of nitro benzene ring substituents is 1. The maximum Gasteiger partial charge on any atom is 0.270 e. The van der Waals surface area contributed by atoms with Gasteiger partial charge >= 0.3 is 0 Å². The van der Waals surface area contributed by atoms with Crippen LogP contribution in [-0.4, -0.2) is 32.6 Å². The summed E-state index contributed by atoms with van der Waals surface area (Å²) >= 11 is 0. The molecule has 2 aromatic rings.